The SMILES string of the molecule is COc1ccc2c(c1C)c(SC)c(C)n2C(N)=O. The molecule has 1 amide bonds. The topological polar surface area (TPSA) is 57.2 Å². The summed E-state index contributed by atoms with van der Waals surface area (Å²) in [5.41, 5.74) is 8.19. The fraction of sp³-hybridized carbons (Fsp3) is 0.308. The molecule has 2 N–H and O–H groups in total. The Morgan fingerprint density at radius 3 is 2.56 bits per heavy atom. The number of aromatic nitrogens is 1. The molecule has 0 aliphatic rings. The van der Waals surface area contributed by atoms with Gasteiger partial charge in [-0.25, -0.2) is 4.79 Å². The second-order valence-corrected chi connectivity index (χ2v) is 4.90. The number of hydrogen-bond donors (Lipinski definition) is 1. The van der Waals surface area contributed by atoms with Crippen LogP contribution in [-0.4, -0.2) is 24.0 Å². The number of carbonyl (C=O) groups is 1. The lowest BCUT2D eigenvalue weighted by molar-refractivity contribution is 0.250. The molecule has 1 heterocycles. The molecule has 0 aliphatic heterocycles. The molecule has 96 valence electrons. The average Bonchev–Trinajstić information content (AvgIpc) is 2.62. The van der Waals surface area contributed by atoms with E-state index in [0.29, 0.717) is 0 Å². The van der Waals surface area contributed by atoms with Crippen LogP contribution >= 0.6 is 11.8 Å². The van der Waals surface area contributed by atoms with E-state index in [2.05, 4.69) is 0 Å². The van der Waals surface area contributed by atoms with E-state index in [4.69, 9.17) is 10.5 Å². The van der Waals surface area contributed by atoms with Crippen LogP contribution in [0.1, 0.15) is 11.3 Å². The van der Waals surface area contributed by atoms with E-state index in [1.54, 1.807) is 23.4 Å². The maximum atomic E-state index is 11.6. The molecule has 0 spiro atoms. The Labute approximate surface area is 110 Å². The van der Waals surface area contributed by atoms with Crippen molar-refractivity contribution in [2.24, 2.45) is 5.73 Å². The molecule has 4 nitrogen and oxygen atoms in total. The third kappa shape index (κ3) is 1.66. The van der Waals surface area contributed by atoms with Crippen LogP contribution in [0.3, 0.4) is 0 Å². The lowest BCUT2D eigenvalue weighted by Crippen LogP contribution is -2.20. The van der Waals surface area contributed by atoms with Crippen molar-refractivity contribution >= 4 is 28.7 Å². The summed E-state index contributed by atoms with van der Waals surface area (Å²) in [4.78, 5) is 12.6. The lowest BCUT2D eigenvalue weighted by Gasteiger charge is -2.07. The second kappa shape index (κ2) is 4.57. The summed E-state index contributed by atoms with van der Waals surface area (Å²) in [5, 5.41) is 1.04. The van der Waals surface area contributed by atoms with Gasteiger partial charge in [0.05, 0.1) is 12.6 Å². The lowest BCUT2D eigenvalue weighted by atomic mass is 10.1. The van der Waals surface area contributed by atoms with Crippen LogP contribution in [0.25, 0.3) is 10.9 Å². The van der Waals surface area contributed by atoms with E-state index >= 15 is 0 Å². The minimum Gasteiger partial charge on any atom is -0.496 e. The van der Waals surface area contributed by atoms with Crippen LogP contribution in [0.2, 0.25) is 0 Å². The Morgan fingerprint density at radius 2 is 2.06 bits per heavy atom. The number of nitrogens with two attached hydrogens (primary N) is 1. The number of ether oxygens (including phenoxy) is 1. The number of thioether (sulfide) groups is 1. The van der Waals surface area contributed by atoms with Gasteiger partial charge < -0.3 is 10.5 Å². The van der Waals surface area contributed by atoms with Crippen molar-refractivity contribution in [2.45, 2.75) is 18.7 Å². The van der Waals surface area contributed by atoms with Crippen molar-refractivity contribution in [2.75, 3.05) is 13.4 Å². The van der Waals surface area contributed by atoms with Crippen molar-refractivity contribution in [1.82, 2.24) is 4.57 Å². The van der Waals surface area contributed by atoms with Crippen LogP contribution < -0.4 is 10.5 Å². The average molecular weight is 264 g/mol. The summed E-state index contributed by atoms with van der Waals surface area (Å²) in [6, 6.07) is 3.28. The molecule has 0 saturated heterocycles. The third-order valence-corrected chi connectivity index (χ3v) is 4.08. The molecule has 1 aromatic heterocycles. The van der Waals surface area contributed by atoms with Crippen molar-refractivity contribution in [3.05, 3.63) is 23.4 Å². The normalized spacial score (nSPS) is 10.9. The zero-order chi connectivity index (χ0) is 13.4. The molecule has 0 unspecified atom stereocenters. The second-order valence-electron chi connectivity index (χ2n) is 4.08. The van der Waals surface area contributed by atoms with Gasteiger partial charge in [-0.2, -0.15) is 0 Å². The smallest absolute Gasteiger partial charge is 0.323 e. The van der Waals surface area contributed by atoms with Crippen LogP contribution in [0.5, 0.6) is 5.75 Å². The van der Waals surface area contributed by atoms with E-state index in [1.165, 1.54) is 0 Å². The van der Waals surface area contributed by atoms with E-state index in [-0.39, 0.29) is 0 Å². The molecule has 5 heteroatoms. The van der Waals surface area contributed by atoms with Gasteiger partial charge in [-0.05, 0) is 32.2 Å². The predicted molar refractivity (Wildman–Crippen MR) is 74.7 cm³/mol. The quantitative estimate of drug-likeness (QED) is 0.848. The highest BCUT2D eigenvalue weighted by Crippen LogP contribution is 2.37. The molecule has 0 radical (unpaired) electrons. The first-order valence-electron chi connectivity index (χ1n) is 5.55. The Morgan fingerprint density at radius 1 is 1.39 bits per heavy atom. The van der Waals surface area contributed by atoms with Crippen LogP contribution in [0, 0.1) is 13.8 Å². The molecule has 0 aliphatic carbocycles. The minimum atomic E-state index is -0.456. The van der Waals surface area contributed by atoms with Gasteiger partial charge in [-0.1, -0.05) is 0 Å². The number of benzene rings is 1. The number of amides is 1. The number of nitrogens with zero attached hydrogens (tertiary/aromatic N) is 1. The summed E-state index contributed by atoms with van der Waals surface area (Å²) in [5.74, 6) is 0.819. The van der Waals surface area contributed by atoms with Gasteiger partial charge in [0.2, 0.25) is 0 Å². The van der Waals surface area contributed by atoms with Crippen LogP contribution in [-0.2, 0) is 0 Å². The molecule has 18 heavy (non-hydrogen) atoms. The van der Waals surface area contributed by atoms with Crippen molar-refractivity contribution in [1.29, 1.82) is 0 Å². The summed E-state index contributed by atoms with van der Waals surface area (Å²) in [7, 11) is 1.64. The number of methoxy groups -OCH3 is 1. The first-order valence-corrected chi connectivity index (χ1v) is 6.77. The van der Waals surface area contributed by atoms with Gasteiger partial charge >= 0.3 is 6.03 Å². The van der Waals surface area contributed by atoms with Gasteiger partial charge in [-0.3, -0.25) is 4.57 Å². The maximum absolute atomic E-state index is 11.6. The Bertz CT molecular complexity index is 632. The van der Waals surface area contributed by atoms with Gasteiger partial charge in [-0.15, -0.1) is 11.8 Å². The van der Waals surface area contributed by atoms with E-state index in [0.717, 1.165) is 32.8 Å². The first-order chi connectivity index (χ1) is 8.52. The fourth-order valence-corrected chi connectivity index (χ4v) is 3.22. The number of fused-ring (bicyclic) bond motifs is 1. The third-order valence-electron chi connectivity index (χ3n) is 3.17. The molecule has 0 atom stereocenters. The number of primary amides is 1. The largest absolute Gasteiger partial charge is 0.496 e. The molecule has 0 fully saturated rings. The molecular formula is C13H16N2O2S. The molecular weight excluding hydrogens is 248 g/mol. The van der Waals surface area contributed by atoms with Crippen LogP contribution in [0.4, 0.5) is 4.79 Å². The number of rotatable bonds is 2. The monoisotopic (exact) mass is 264 g/mol. The van der Waals surface area contributed by atoms with Crippen molar-refractivity contribution in [3.63, 3.8) is 0 Å². The van der Waals surface area contributed by atoms with Gasteiger partial charge in [0.25, 0.3) is 0 Å². The highest BCUT2D eigenvalue weighted by Gasteiger charge is 2.19. The van der Waals surface area contributed by atoms with Crippen LogP contribution in [0.15, 0.2) is 17.0 Å². The standard InChI is InChI=1S/C13H16N2O2S/c1-7-10(17-3)6-5-9-11(7)12(18-4)8(2)15(9)13(14)16/h5-6H,1-4H3,(H2,14,16). The fourth-order valence-electron chi connectivity index (χ4n) is 2.37. The zero-order valence-corrected chi connectivity index (χ0v) is 11.7. The zero-order valence-electron chi connectivity index (χ0n) is 10.9. The Hall–Kier alpha value is -1.62. The highest BCUT2D eigenvalue weighted by molar-refractivity contribution is 7.98. The molecule has 0 saturated carbocycles. The maximum Gasteiger partial charge on any atom is 0.323 e. The van der Waals surface area contributed by atoms with Gasteiger partial charge in [0, 0.05) is 21.5 Å². The van der Waals surface area contributed by atoms with Gasteiger partial charge in [0.1, 0.15) is 5.75 Å². The number of carbonyl (C=O) groups excluding carboxylic acids is 1. The van der Waals surface area contributed by atoms with E-state index in [9.17, 15) is 4.79 Å². The van der Waals surface area contributed by atoms with E-state index < -0.39 is 6.03 Å². The summed E-state index contributed by atoms with van der Waals surface area (Å²) in [6.45, 7) is 3.90. The highest BCUT2D eigenvalue weighted by atomic mass is 32.2. The number of aryl methyl sites for hydroxylation is 1. The Kier molecular flexibility index (Phi) is 3.26. The Balaban J connectivity index is 2.95. The van der Waals surface area contributed by atoms with Crippen molar-refractivity contribution in [3.8, 4) is 5.75 Å². The molecule has 1 aromatic carbocycles. The first kappa shape index (κ1) is 12.8. The molecule has 2 rings (SSSR count). The molecule has 2 aromatic rings. The predicted octanol–water partition coefficient (Wildman–Crippen LogP) is 2.92. The molecule has 0 bridgehead atoms. The van der Waals surface area contributed by atoms with Gasteiger partial charge in [0.15, 0.2) is 0 Å². The van der Waals surface area contributed by atoms with Crippen molar-refractivity contribution < 1.29 is 9.53 Å². The summed E-state index contributed by atoms with van der Waals surface area (Å²) in [6.07, 6.45) is 1.99. The van der Waals surface area contributed by atoms with E-state index in [1.807, 2.05) is 32.2 Å². The summed E-state index contributed by atoms with van der Waals surface area (Å²) >= 11 is 1.61. The number of hydrogen-bond acceptors (Lipinski definition) is 3. The minimum absolute atomic E-state index is 0.456. The summed E-state index contributed by atoms with van der Waals surface area (Å²) < 4.78 is 6.88.